The van der Waals surface area contributed by atoms with Gasteiger partial charge in [-0.15, -0.1) is 0 Å². The van der Waals surface area contributed by atoms with E-state index in [0.717, 1.165) is 36.8 Å². The molecule has 0 spiro atoms. The van der Waals surface area contributed by atoms with Gasteiger partial charge in [0.05, 0.1) is 12.8 Å². The summed E-state index contributed by atoms with van der Waals surface area (Å²) in [6, 6.07) is 7.60. The fourth-order valence-corrected chi connectivity index (χ4v) is 3.18. The zero-order valence-electron chi connectivity index (χ0n) is 14.5. The van der Waals surface area contributed by atoms with Crippen molar-refractivity contribution in [3.05, 3.63) is 29.8 Å². The molecule has 6 heteroatoms. The summed E-state index contributed by atoms with van der Waals surface area (Å²) in [4.78, 5) is 12.3. The first kappa shape index (κ1) is 19.6. The number of carbonyl (C=O) groups is 1. The molecule has 0 aliphatic rings. The largest absolute Gasteiger partial charge is 0.325 e. The molecule has 0 aliphatic heterocycles. The number of amides is 1. The van der Waals surface area contributed by atoms with Crippen molar-refractivity contribution < 1.29 is 13.2 Å². The number of benzene rings is 1. The Morgan fingerprint density at radius 1 is 1.22 bits per heavy atom. The number of anilines is 1. The molecule has 5 nitrogen and oxygen atoms in total. The van der Waals surface area contributed by atoms with Gasteiger partial charge in [-0.25, -0.2) is 8.42 Å². The highest BCUT2D eigenvalue weighted by Gasteiger charge is 2.20. The van der Waals surface area contributed by atoms with E-state index in [2.05, 4.69) is 26.1 Å². The standard InChI is InChI=1S/C17H28N2O3S/c1-5-6-9-12-19(23(4,21)22)13-17(20)18-16-11-8-7-10-15(16)14(2)3/h7-8,10-11,14H,5-6,9,12-13H2,1-4H3,(H,18,20). The second-order valence-electron chi connectivity index (χ2n) is 6.09. The number of hydrogen-bond acceptors (Lipinski definition) is 3. The van der Waals surface area contributed by atoms with Crippen LogP contribution >= 0.6 is 0 Å². The monoisotopic (exact) mass is 340 g/mol. The number of carbonyl (C=O) groups excluding carboxylic acids is 1. The lowest BCUT2D eigenvalue weighted by Crippen LogP contribution is -2.38. The lowest BCUT2D eigenvalue weighted by molar-refractivity contribution is -0.116. The van der Waals surface area contributed by atoms with Crippen LogP contribution in [0, 0.1) is 0 Å². The van der Waals surface area contributed by atoms with Crippen LogP contribution in [0.15, 0.2) is 24.3 Å². The summed E-state index contributed by atoms with van der Waals surface area (Å²) in [6.45, 7) is 6.40. The van der Waals surface area contributed by atoms with E-state index in [-0.39, 0.29) is 18.4 Å². The van der Waals surface area contributed by atoms with Gasteiger partial charge >= 0.3 is 0 Å². The molecule has 1 amide bonds. The van der Waals surface area contributed by atoms with Gasteiger partial charge in [0.2, 0.25) is 15.9 Å². The maximum Gasteiger partial charge on any atom is 0.239 e. The Morgan fingerprint density at radius 3 is 2.43 bits per heavy atom. The SMILES string of the molecule is CCCCCN(CC(=O)Nc1ccccc1C(C)C)S(C)(=O)=O. The highest BCUT2D eigenvalue weighted by molar-refractivity contribution is 7.88. The molecule has 1 rings (SSSR count). The van der Waals surface area contributed by atoms with Crippen molar-refractivity contribution in [1.29, 1.82) is 0 Å². The summed E-state index contributed by atoms with van der Waals surface area (Å²) in [5.74, 6) is -0.0258. The number of sulfonamides is 1. The van der Waals surface area contributed by atoms with Gasteiger partial charge in [0.25, 0.3) is 0 Å². The van der Waals surface area contributed by atoms with E-state index in [1.165, 1.54) is 4.31 Å². The summed E-state index contributed by atoms with van der Waals surface area (Å²) in [5, 5.41) is 2.84. The van der Waals surface area contributed by atoms with E-state index in [1.807, 2.05) is 24.3 Å². The van der Waals surface area contributed by atoms with Crippen molar-refractivity contribution in [3.63, 3.8) is 0 Å². The van der Waals surface area contributed by atoms with Gasteiger partial charge in [-0.2, -0.15) is 4.31 Å². The molecule has 0 saturated heterocycles. The second kappa shape index (κ2) is 9.03. The summed E-state index contributed by atoms with van der Waals surface area (Å²) >= 11 is 0. The van der Waals surface area contributed by atoms with Crippen LogP contribution in [-0.2, 0) is 14.8 Å². The van der Waals surface area contributed by atoms with Crippen LogP contribution in [0.5, 0.6) is 0 Å². The molecule has 0 saturated carbocycles. The van der Waals surface area contributed by atoms with E-state index in [1.54, 1.807) is 0 Å². The van der Waals surface area contributed by atoms with E-state index >= 15 is 0 Å². The van der Waals surface area contributed by atoms with E-state index in [9.17, 15) is 13.2 Å². The number of para-hydroxylation sites is 1. The van der Waals surface area contributed by atoms with Gasteiger partial charge in [0.1, 0.15) is 0 Å². The predicted octanol–water partition coefficient (Wildman–Crippen LogP) is 3.20. The quantitative estimate of drug-likeness (QED) is 0.702. The average Bonchev–Trinajstić information content (AvgIpc) is 2.45. The highest BCUT2D eigenvalue weighted by atomic mass is 32.2. The number of nitrogens with zero attached hydrogens (tertiary/aromatic N) is 1. The van der Waals surface area contributed by atoms with Crippen LogP contribution in [0.4, 0.5) is 5.69 Å². The van der Waals surface area contributed by atoms with E-state index in [0.29, 0.717) is 6.54 Å². The summed E-state index contributed by atoms with van der Waals surface area (Å²) in [6.07, 6.45) is 3.86. The third kappa shape index (κ3) is 6.71. The number of nitrogens with one attached hydrogen (secondary N) is 1. The Kier molecular flexibility index (Phi) is 7.72. The van der Waals surface area contributed by atoms with Crippen LogP contribution in [0.2, 0.25) is 0 Å². The third-order valence-electron chi connectivity index (χ3n) is 3.66. The van der Waals surface area contributed by atoms with Crippen molar-refractivity contribution in [2.75, 3.05) is 24.7 Å². The molecule has 0 heterocycles. The Hall–Kier alpha value is -1.40. The smallest absolute Gasteiger partial charge is 0.239 e. The molecular formula is C17H28N2O3S. The van der Waals surface area contributed by atoms with E-state index in [4.69, 9.17) is 0 Å². The van der Waals surface area contributed by atoms with Crippen molar-refractivity contribution >= 4 is 21.6 Å². The van der Waals surface area contributed by atoms with Gasteiger partial charge in [-0.1, -0.05) is 51.8 Å². The molecule has 0 bridgehead atoms. The Morgan fingerprint density at radius 2 is 1.87 bits per heavy atom. The van der Waals surface area contributed by atoms with Crippen molar-refractivity contribution in [2.45, 2.75) is 46.0 Å². The Bertz CT molecular complexity index is 612. The fourth-order valence-electron chi connectivity index (χ4n) is 2.36. The molecule has 0 radical (unpaired) electrons. The van der Waals surface area contributed by atoms with Crippen LogP contribution in [0.25, 0.3) is 0 Å². The first-order chi connectivity index (χ1) is 10.8. The second-order valence-corrected chi connectivity index (χ2v) is 8.08. The van der Waals surface area contributed by atoms with Crippen molar-refractivity contribution in [1.82, 2.24) is 4.31 Å². The third-order valence-corrected chi connectivity index (χ3v) is 4.91. The highest BCUT2D eigenvalue weighted by Crippen LogP contribution is 2.23. The number of hydrogen-bond donors (Lipinski definition) is 1. The Labute approximate surface area is 140 Å². The molecule has 0 unspecified atom stereocenters. The van der Waals surface area contributed by atoms with Crippen LogP contribution in [-0.4, -0.2) is 38.0 Å². The first-order valence-corrected chi connectivity index (χ1v) is 9.94. The number of unbranched alkanes of at least 4 members (excludes halogenated alkanes) is 2. The lowest BCUT2D eigenvalue weighted by atomic mass is 10.0. The molecule has 1 N–H and O–H groups in total. The van der Waals surface area contributed by atoms with Gasteiger partial charge in [0.15, 0.2) is 0 Å². The fraction of sp³-hybridized carbons (Fsp3) is 0.588. The molecule has 1 aromatic carbocycles. The zero-order valence-corrected chi connectivity index (χ0v) is 15.3. The van der Waals surface area contributed by atoms with Crippen LogP contribution in [0.3, 0.4) is 0 Å². The van der Waals surface area contributed by atoms with Gasteiger partial charge < -0.3 is 5.32 Å². The molecule has 0 fully saturated rings. The molecular weight excluding hydrogens is 312 g/mol. The molecule has 130 valence electrons. The molecule has 23 heavy (non-hydrogen) atoms. The zero-order chi connectivity index (χ0) is 17.5. The van der Waals surface area contributed by atoms with E-state index < -0.39 is 10.0 Å². The van der Waals surface area contributed by atoms with Gasteiger partial charge in [-0.05, 0) is 24.0 Å². The molecule has 0 atom stereocenters. The molecule has 0 aliphatic carbocycles. The topological polar surface area (TPSA) is 66.5 Å². The minimum Gasteiger partial charge on any atom is -0.325 e. The molecule has 0 aromatic heterocycles. The minimum atomic E-state index is -3.39. The lowest BCUT2D eigenvalue weighted by Gasteiger charge is -2.20. The molecule has 1 aromatic rings. The maximum absolute atomic E-state index is 12.3. The van der Waals surface area contributed by atoms with Gasteiger partial charge in [0, 0.05) is 12.2 Å². The van der Waals surface area contributed by atoms with Crippen molar-refractivity contribution in [3.8, 4) is 0 Å². The minimum absolute atomic E-state index is 0.144. The Balaban J connectivity index is 2.76. The predicted molar refractivity (Wildman–Crippen MR) is 95.1 cm³/mol. The maximum atomic E-state index is 12.3. The number of rotatable bonds is 9. The normalized spacial score (nSPS) is 11.9. The van der Waals surface area contributed by atoms with Crippen LogP contribution in [0.1, 0.15) is 51.5 Å². The first-order valence-electron chi connectivity index (χ1n) is 8.09. The summed E-state index contributed by atoms with van der Waals surface area (Å²) < 4.78 is 24.9. The van der Waals surface area contributed by atoms with Gasteiger partial charge in [-0.3, -0.25) is 4.79 Å². The van der Waals surface area contributed by atoms with Crippen LogP contribution < -0.4 is 5.32 Å². The summed E-state index contributed by atoms with van der Waals surface area (Å²) in [7, 11) is -3.39. The van der Waals surface area contributed by atoms with Crippen molar-refractivity contribution in [2.24, 2.45) is 0 Å². The summed E-state index contributed by atoms with van der Waals surface area (Å²) in [5.41, 5.74) is 1.78. The average molecular weight is 340 g/mol.